The number of aromatic nitrogens is 2. The van der Waals surface area contributed by atoms with Crippen LogP contribution in [0.5, 0.6) is 11.5 Å². The summed E-state index contributed by atoms with van der Waals surface area (Å²) in [5, 5.41) is 8.60. The van der Waals surface area contributed by atoms with Gasteiger partial charge in [-0.3, -0.25) is 5.41 Å². The van der Waals surface area contributed by atoms with Gasteiger partial charge in [0, 0.05) is 6.54 Å². The highest BCUT2D eigenvalue weighted by Gasteiger charge is 2.10. The lowest BCUT2D eigenvalue weighted by molar-refractivity contribution is 0.296. The van der Waals surface area contributed by atoms with Crippen molar-refractivity contribution in [2.24, 2.45) is 0 Å². The minimum absolute atomic E-state index is 0. The fourth-order valence-electron chi connectivity index (χ4n) is 3.19. The summed E-state index contributed by atoms with van der Waals surface area (Å²) in [6.45, 7) is 4.25. The van der Waals surface area contributed by atoms with E-state index in [-0.39, 0.29) is 17.0 Å². The molecular weight excluding hydrogens is 406 g/mol. The van der Waals surface area contributed by atoms with Crippen molar-refractivity contribution >= 4 is 28.0 Å². The largest absolute Gasteiger partial charge is 0.497 e. The lowest BCUT2D eigenvalue weighted by Gasteiger charge is -2.08. The molecule has 0 aliphatic rings. The molecule has 3 aromatic rings. The van der Waals surface area contributed by atoms with Gasteiger partial charge >= 0.3 is 0 Å². The highest BCUT2D eigenvalue weighted by molar-refractivity contribution is 8.93. The molecule has 27 heavy (non-hydrogen) atoms. The molecular formula is C21H28BrN3O2. The molecule has 0 saturated heterocycles. The highest BCUT2D eigenvalue weighted by atomic mass is 79.9. The molecule has 0 spiro atoms. The van der Waals surface area contributed by atoms with Crippen LogP contribution in [0.15, 0.2) is 48.5 Å². The number of benzene rings is 2. The van der Waals surface area contributed by atoms with Gasteiger partial charge in [-0.05, 0) is 42.8 Å². The van der Waals surface area contributed by atoms with E-state index in [1.165, 1.54) is 12.8 Å². The zero-order valence-electron chi connectivity index (χ0n) is 16.0. The van der Waals surface area contributed by atoms with Gasteiger partial charge in [0.1, 0.15) is 18.1 Å². The van der Waals surface area contributed by atoms with Gasteiger partial charge in [0.15, 0.2) is 0 Å². The van der Waals surface area contributed by atoms with Crippen LogP contribution >= 0.6 is 17.0 Å². The molecule has 2 aromatic carbocycles. The van der Waals surface area contributed by atoms with Crippen LogP contribution in [0, 0.1) is 5.41 Å². The first-order valence-corrected chi connectivity index (χ1v) is 9.24. The van der Waals surface area contributed by atoms with Gasteiger partial charge in [0.2, 0.25) is 5.62 Å². The van der Waals surface area contributed by atoms with Crippen LogP contribution in [0.25, 0.3) is 11.0 Å². The molecule has 1 N–H and O–H groups in total. The van der Waals surface area contributed by atoms with Crippen molar-refractivity contribution in [3.8, 4) is 11.5 Å². The average Bonchev–Trinajstić information content (AvgIpc) is 2.94. The number of imidazole rings is 1. The fraction of sp³-hybridized carbons (Fsp3) is 0.381. The summed E-state index contributed by atoms with van der Waals surface area (Å²) in [5.41, 5.74) is 2.76. The zero-order valence-corrected chi connectivity index (χ0v) is 17.7. The molecule has 5 nitrogen and oxygen atoms in total. The minimum Gasteiger partial charge on any atom is -0.497 e. The molecule has 1 heterocycles. The van der Waals surface area contributed by atoms with Gasteiger partial charge in [-0.2, -0.15) is 0 Å². The molecule has 0 atom stereocenters. The number of methoxy groups -OCH3 is 1. The molecule has 0 aliphatic heterocycles. The molecule has 3 rings (SSSR count). The maximum atomic E-state index is 8.60. The van der Waals surface area contributed by atoms with E-state index in [9.17, 15) is 0 Å². The average molecular weight is 434 g/mol. The number of aryl methyl sites for hydroxylation is 1. The van der Waals surface area contributed by atoms with Crippen LogP contribution < -0.4 is 15.1 Å². The maximum Gasteiger partial charge on any atom is 0.203 e. The molecule has 6 heteroatoms. The van der Waals surface area contributed by atoms with Crippen LogP contribution in [-0.4, -0.2) is 22.9 Å². The Morgan fingerprint density at radius 1 is 0.852 bits per heavy atom. The monoisotopic (exact) mass is 433 g/mol. The highest BCUT2D eigenvalue weighted by Crippen LogP contribution is 2.18. The van der Waals surface area contributed by atoms with E-state index < -0.39 is 0 Å². The molecule has 0 fully saturated rings. The third-order valence-electron chi connectivity index (χ3n) is 4.60. The molecule has 0 amide bonds. The van der Waals surface area contributed by atoms with E-state index in [4.69, 9.17) is 14.9 Å². The van der Waals surface area contributed by atoms with Gasteiger partial charge in [-0.25, -0.2) is 0 Å². The van der Waals surface area contributed by atoms with Gasteiger partial charge in [-0.1, -0.05) is 31.9 Å². The van der Waals surface area contributed by atoms with Gasteiger partial charge in [0.05, 0.1) is 24.7 Å². The molecule has 1 aromatic heterocycles. The second-order valence-electron chi connectivity index (χ2n) is 6.35. The number of ether oxygens (including phenoxy) is 2. The van der Waals surface area contributed by atoms with Crippen LogP contribution in [0.4, 0.5) is 0 Å². The summed E-state index contributed by atoms with van der Waals surface area (Å²) in [4.78, 5) is 0. The maximum absolute atomic E-state index is 8.60. The summed E-state index contributed by atoms with van der Waals surface area (Å²) in [5.74, 6) is 1.62. The first kappa shape index (κ1) is 21.1. The van der Waals surface area contributed by atoms with Gasteiger partial charge in [0.25, 0.3) is 0 Å². The van der Waals surface area contributed by atoms with Crippen molar-refractivity contribution in [3.05, 3.63) is 54.1 Å². The summed E-state index contributed by atoms with van der Waals surface area (Å²) >= 11 is 0. The number of para-hydroxylation sites is 2. The Hall–Kier alpha value is -2.21. The number of nitrogens with zero attached hydrogens (tertiary/aromatic N) is 2. The topological polar surface area (TPSA) is 52.2 Å². The van der Waals surface area contributed by atoms with Gasteiger partial charge < -0.3 is 18.6 Å². The summed E-state index contributed by atoms with van der Waals surface area (Å²) in [6.07, 6.45) is 3.47. The standard InChI is InChI=1S/C21H27N3O2.BrH/c1-3-4-7-14-23-19-8-5-6-9-20(19)24(21(23)22)15-16-26-18-12-10-17(25-2)11-13-18;/h5-6,8-13,22H,3-4,7,14-16H2,1-2H3;1H. The van der Waals surface area contributed by atoms with E-state index in [1.54, 1.807) is 7.11 Å². The number of fused-ring (bicyclic) bond motifs is 1. The predicted molar refractivity (Wildman–Crippen MR) is 114 cm³/mol. The molecule has 0 radical (unpaired) electrons. The quantitative estimate of drug-likeness (QED) is 0.493. The van der Waals surface area contributed by atoms with Crippen molar-refractivity contribution in [2.75, 3.05) is 13.7 Å². The second-order valence-corrected chi connectivity index (χ2v) is 6.35. The Morgan fingerprint density at radius 3 is 2.04 bits per heavy atom. The number of hydrogen-bond donors (Lipinski definition) is 1. The van der Waals surface area contributed by atoms with E-state index >= 15 is 0 Å². The van der Waals surface area contributed by atoms with Gasteiger partial charge in [-0.15, -0.1) is 17.0 Å². The van der Waals surface area contributed by atoms with E-state index in [0.29, 0.717) is 18.8 Å². The molecule has 0 saturated carbocycles. The lowest BCUT2D eigenvalue weighted by atomic mass is 10.2. The smallest absolute Gasteiger partial charge is 0.203 e. The van der Waals surface area contributed by atoms with Crippen LogP contribution in [0.3, 0.4) is 0 Å². The van der Waals surface area contributed by atoms with Crippen molar-refractivity contribution in [2.45, 2.75) is 39.3 Å². The molecule has 0 bridgehead atoms. The predicted octanol–water partition coefficient (Wildman–Crippen LogP) is 4.78. The number of halogens is 1. The van der Waals surface area contributed by atoms with E-state index in [1.807, 2.05) is 41.0 Å². The summed E-state index contributed by atoms with van der Waals surface area (Å²) < 4.78 is 15.2. The van der Waals surface area contributed by atoms with Crippen LogP contribution in [-0.2, 0) is 13.1 Å². The van der Waals surface area contributed by atoms with Crippen molar-refractivity contribution in [3.63, 3.8) is 0 Å². The van der Waals surface area contributed by atoms with Crippen molar-refractivity contribution in [1.29, 1.82) is 5.41 Å². The lowest BCUT2D eigenvalue weighted by Crippen LogP contribution is -2.26. The second kappa shape index (κ2) is 10.2. The first-order valence-electron chi connectivity index (χ1n) is 9.24. The Labute approximate surface area is 170 Å². The number of hydrogen-bond acceptors (Lipinski definition) is 3. The SMILES string of the molecule is Br.CCCCCn1c(=N)n(CCOc2ccc(OC)cc2)c2ccccc21. The van der Waals surface area contributed by atoms with Crippen LogP contribution in [0.2, 0.25) is 0 Å². The molecule has 0 aliphatic carbocycles. The van der Waals surface area contributed by atoms with Crippen molar-refractivity contribution in [1.82, 2.24) is 9.13 Å². The van der Waals surface area contributed by atoms with Crippen molar-refractivity contribution < 1.29 is 9.47 Å². The fourth-order valence-corrected chi connectivity index (χ4v) is 3.19. The third kappa shape index (κ3) is 4.95. The third-order valence-corrected chi connectivity index (χ3v) is 4.60. The van der Waals surface area contributed by atoms with E-state index in [0.717, 1.165) is 35.5 Å². The summed E-state index contributed by atoms with van der Waals surface area (Å²) in [7, 11) is 1.65. The molecule has 146 valence electrons. The summed E-state index contributed by atoms with van der Waals surface area (Å²) in [6, 6.07) is 15.8. The Kier molecular flexibility index (Phi) is 7.98. The van der Waals surface area contributed by atoms with Crippen LogP contribution in [0.1, 0.15) is 26.2 Å². The Bertz CT molecular complexity index is 900. The first-order chi connectivity index (χ1) is 12.7. The molecule has 0 unspecified atom stereocenters. The number of nitrogens with one attached hydrogen (secondary N) is 1. The Balaban J connectivity index is 0.00000261. The zero-order chi connectivity index (χ0) is 18.4. The number of rotatable bonds is 9. The normalized spacial score (nSPS) is 10.6. The van der Waals surface area contributed by atoms with E-state index in [2.05, 4.69) is 23.6 Å². The minimum atomic E-state index is 0. The Morgan fingerprint density at radius 2 is 1.44 bits per heavy atom. The number of unbranched alkanes of at least 4 members (excludes halogenated alkanes) is 2.